The third-order valence-electron chi connectivity index (χ3n) is 3.65. The molecule has 2 rings (SSSR count). The number of esters is 1. The number of urea groups is 1. The lowest BCUT2D eigenvalue weighted by Gasteiger charge is -2.18. The van der Waals surface area contributed by atoms with Gasteiger partial charge >= 0.3 is 12.0 Å². The van der Waals surface area contributed by atoms with Crippen molar-refractivity contribution in [2.75, 3.05) is 19.7 Å². The molecule has 1 saturated heterocycles. The fourth-order valence-electron chi connectivity index (χ4n) is 2.45. The van der Waals surface area contributed by atoms with Crippen LogP contribution < -0.4 is 10.1 Å². The number of carbonyl (C=O) groups excluding carboxylic acids is 3. The molecule has 7 nitrogen and oxygen atoms in total. The summed E-state index contributed by atoms with van der Waals surface area (Å²) in [6.45, 7) is 4.62. The first-order valence-electron chi connectivity index (χ1n) is 8.02. The first-order chi connectivity index (χ1) is 11.5. The van der Waals surface area contributed by atoms with Crippen LogP contribution in [0, 0.1) is 0 Å². The number of imide groups is 1. The summed E-state index contributed by atoms with van der Waals surface area (Å²) < 4.78 is 10.7. The van der Waals surface area contributed by atoms with Crippen molar-refractivity contribution in [1.82, 2.24) is 10.2 Å². The molecule has 1 aromatic carbocycles. The number of rotatable bonds is 7. The Balaban J connectivity index is 1.85. The van der Waals surface area contributed by atoms with Crippen LogP contribution in [-0.2, 0) is 20.7 Å². The SMILES string of the molecule is CCOc1ccccc1CCC(=O)O[C@@H](C)C(=O)N1CCNC1=O. The zero-order valence-corrected chi connectivity index (χ0v) is 13.9. The largest absolute Gasteiger partial charge is 0.494 e. The normalized spacial score (nSPS) is 14.9. The van der Waals surface area contributed by atoms with E-state index in [9.17, 15) is 14.4 Å². The highest BCUT2D eigenvalue weighted by molar-refractivity contribution is 5.98. The molecule has 1 aliphatic heterocycles. The van der Waals surface area contributed by atoms with Crippen LogP contribution in [0.15, 0.2) is 24.3 Å². The maximum Gasteiger partial charge on any atom is 0.324 e. The highest BCUT2D eigenvalue weighted by Gasteiger charge is 2.31. The third kappa shape index (κ3) is 4.47. The predicted molar refractivity (Wildman–Crippen MR) is 86.6 cm³/mol. The van der Waals surface area contributed by atoms with Crippen molar-refractivity contribution in [2.45, 2.75) is 32.8 Å². The first kappa shape index (κ1) is 17.8. The predicted octanol–water partition coefficient (Wildman–Crippen LogP) is 1.50. The summed E-state index contributed by atoms with van der Waals surface area (Å²) in [7, 11) is 0. The number of aryl methyl sites for hydroxylation is 1. The number of amides is 3. The number of benzene rings is 1. The second-order valence-corrected chi connectivity index (χ2v) is 5.39. The molecule has 0 spiro atoms. The monoisotopic (exact) mass is 334 g/mol. The summed E-state index contributed by atoms with van der Waals surface area (Å²) in [5, 5.41) is 2.54. The molecule has 0 unspecified atom stereocenters. The van der Waals surface area contributed by atoms with Crippen molar-refractivity contribution in [3.05, 3.63) is 29.8 Å². The van der Waals surface area contributed by atoms with Gasteiger partial charge in [-0.2, -0.15) is 0 Å². The first-order valence-corrected chi connectivity index (χ1v) is 8.02. The molecular formula is C17H22N2O5. The van der Waals surface area contributed by atoms with E-state index in [1.165, 1.54) is 6.92 Å². The smallest absolute Gasteiger partial charge is 0.324 e. The molecule has 0 radical (unpaired) electrons. The van der Waals surface area contributed by atoms with Gasteiger partial charge in [0.2, 0.25) is 0 Å². The van der Waals surface area contributed by atoms with E-state index in [2.05, 4.69) is 5.32 Å². The van der Waals surface area contributed by atoms with Crippen LogP contribution >= 0.6 is 0 Å². The zero-order valence-electron chi connectivity index (χ0n) is 13.9. The molecule has 1 heterocycles. The average molecular weight is 334 g/mol. The molecule has 0 bridgehead atoms. The molecule has 1 N–H and O–H groups in total. The highest BCUT2D eigenvalue weighted by Crippen LogP contribution is 2.19. The molecule has 0 saturated carbocycles. The number of nitrogens with zero attached hydrogens (tertiary/aromatic N) is 1. The van der Waals surface area contributed by atoms with Crippen LogP contribution in [0.3, 0.4) is 0 Å². The molecule has 1 atom stereocenters. The Kier molecular flexibility index (Phi) is 6.17. The molecule has 1 fully saturated rings. The second-order valence-electron chi connectivity index (χ2n) is 5.39. The van der Waals surface area contributed by atoms with Crippen molar-refractivity contribution in [3.63, 3.8) is 0 Å². The Morgan fingerprint density at radius 2 is 2.08 bits per heavy atom. The summed E-state index contributed by atoms with van der Waals surface area (Å²) in [5.74, 6) is -0.250. The maximum atomic E-state index is 12.1. The topological polar surface area (TPSA) is 84.9 Å². The van der Waals surface area contributed by atoms with E-state index in [0.29, 0.717) is 26.1 Å². The van der Waals surface area contributed by atoms with Crippen LogP contribution in [0.25, 0.3) is 0 Å². The van der Waals surface area contributed by atoms with Crippen molar-refractivity contribution < 1.29 is 23.9 Å². The number of hydrogen-bond donors (Lipinski definition) is 1. The van der Waals surface area contributed by atoms with Gasteiger partial charge in [-0.05, 0) is 31.9 Å². The molecule has 0 aromatic heterocycles. The summed E-state index contributed by atoms with van der Waals surface area (Å²) in [6.07, 6.45) is -0.392. The number of hydrogen-bond acceptors (Lipinski definition) is 5. The number of para-hydroxylation sites is 1. The Morgan fingerprint density at radius 3 is 2.75 bits per heavy atom. The molecule has 3 amide bonds. The van der Waals surface area contributed by atoms with Crippen molar-refractivity contribution >= 4 is 17.9 Å². The molecule has 24 heavy (non-hydrogen) atoms. The van der Waals surface area contributed by atoms with Crippen LogP contribution in [-0.4, -0.2) is 48.6 Å². The van der Waals surface area contributed by atoms with E-state index in [0.717, 1.165) is 16.2 Å². The Hall–Kier alpha value is -2.57. The van der Waals surface area contributed by atoms with E-state index in [-0.39, 0.29) is 6.42 Å². The van der Waals surface area contributed by atoms with Gasteiger partial charge < -0.3 is 14.8 Å². The Labute approximate surface area is 140 Å². The maximum absolute atomic E-state index is 12.1. The summed E-state index contributed by atoms with van der Waals surface area (Å²) in [6, 6.07) is 7.04. The van der Waals surface area contributed by atoms with Crippen molar-refractivity contribution in [1.29, 1.82) is 0 Å². The van der Waals surface area contributed by atoms with Gasteiger partial charge in [0, 0.05) is 19.5 Å². The summed E-state index contributed by atoms with van der Waals surface area (Å²) in [5.41, 5.74) is 0.911. The average Bonchev–Trinajstić information content (AvgIpc) is 2.99. The number of ether oxygens (including phenoxy) is 2. The van der Waals surface area contributed by atoms with Crippen LogP contribution in [0.1, 0.15) is 25.8 Å². The van der Waals surface area contributed by atoms with E-state index >= 15 is 0 Å². The molecule has 130 valence electrons. The van der Waals surface area contributed by atoms with E-state index in [1.54, 1.807) is 0 Å². The van der Waals surface area contributed by atoms with E-state index in [4.69, 9.17) is 9.47 Å². The molecular weight excluding hydrogens is 312 g/mol. The van der Waals surface area contributed by atoms with Gasteiger partial charge in [0.1, 0.15) is 5.75 Å². The van der Waals surface area contributed by atoms with Gasteiger partial charge in [0.25, 0.3) is 5.91 Å². The second kappa shape index (κ2) is 8.33. The third-order valence-corrected chi connectivity index (χ3v) is 3.65. The lowest BCUT2D eigenvalue weighted by molar-refractivity contribution is -0.157. The standard InChI is InChI=1S/C17H22N2O5/c1-3-23-14-7-5-4-6-13(14)8-9-15(20)24-12(2)16(21)19-11-10-18-17(19)22/h4-7,12H,3,8-11H2,1-2H3,(H,18,22)/t12-/m0/s1. The lowest BCUT2D eigenvalue weighted by atomic mass is 10.1. The highest BCUT2D eigenvalue weighted by atomic mass is 16.5. The Bertz CT molecular complexity index is 617. The number of nitrogens with one attached hydrogen (secondary N) is 1. The van der Waals surface area contributed by atoms with Gasteiger partial charge in [0.15, 0.2) is 6.10 Å². The fourth-order valence-corrected chi connectivity index (χ4v) is 2.45. The fraction of sp³-hybridized carbons (Fsp3) is 0.471. The van der Waals surface area contributed by atoms with Gasteiger partial charge in [-0.1, -0.05) is 18.2 Å². The van der Waals surface area contributed by atoms with Crippen LogP contribution in [0.4, 0.5) is 4.79 Å². The van der Waals surface area contributed by atoms with Crippen LogP contribution in [0.5, 0.6) is 5.75 Å². The zero-order chi connectivity index (χ0) is 17.5. The van der Waals surface area contributed by atoms with Gasteiger partial charge in [-0.25, -0.2) is 4.79 Å². The van der Waals surface area contributed by atoms with Gasteiger partial charge in [-0.3, -0.25) is 14.5 Å². The minimum absolute atomic E-state index is 0.133. The van der Waals surface area contributed by atoms with Crippen LogP contribution in [0.2, 0.25) is 0 Å². The van der Waals surface area contributed by atoms with E-state index < -0.39 is 24.0 Å². The molecule has 1 aliphatic rings. The summed E-state index contributed by atoms with van der Waals surface area (Å²) >= 11 is 0. The van der Waals surface area contributed by atoms with Crippen molar-refractivity contribution in [2.24, 2.45) is 0 Å². The molecule has 1 aromatic rings. The van der Waals surface area contributed by atoms with Gasteiger partial charge in [-0.15, -0.1) is 0 Å². The lowest BCUT2D eigenvalue weighted by Crippen LogP contribution is -2.41. The summed E-state index contributed by atoms with van der Waals surface area (Å²) in [4.78, 5) is 36.5. The minimum Gasteiger partial charge on any atom is -0.494 e. The molecule has 7 heteroatoms. The Morgan fingerprint density at radius 1 is 1.33 bits per heavy atom. The molecule has 0 aliphatic carbocycles. The number of carbonyl (C=O) groups is 3. The van der Waals surface area contributed by atoms with Gasteiger partial charge in [0.05, 0.1) is 6.61 Å². The minimum atomic E-state index is -0.983. The van der Waals surface area contributed by atoms with Crippen molar-refractivity contribution in [3.8, 4) is 5.75 Å². The van der Waals surface area contributed by atoms with E-state index in [1.807, 2.05) is 31.2 Å². The quantitative estimate of drug-likeness (QED) is 0.764.